The maximum atomic E-state index is 13.0. The first-order valence-corrected chi connectivity index (χ1v) is 13.9. The Hall–Kier alpha value is -3.90. The maximum Gasteiger partial charge on any atom is 0.573 e. The number of carbonyl (C=O) groups excluding carboxylic acids is 1. The van der Waals surface area contributed by atoms with Gasteiger partial charge in [0.15, 0.2) is 0 Å². The van der Waals surface area contributed by atoms with E-state index in [0.717, 1.165) is 12.3 Å². The fourth-order valence-corrected chi connectivity index (χ4v) is 5.20. The molecule has 0 radical (unpaired) electrons. The number of alkyl halides is 3. The SMILES string of the molecule is COc1cc(OC(F)(F)F)cc(C(C)(C)c2cc(Cl)cc(-n3c(C(N)=O)cc4ccc(NS(C)(=O)=O)cc43)c2)c1. The summed E-state index contributed by atoms with van der Waals surface area (Å²) in [6.07, 6.45) is -3.89. The number of anilines is 1. The summed E-state index contributed by atoms with van der Waals surface area (Å²) in [5.74, 6) is -1.03. The number of hydrogen-bond acceptors (Lipinski definition) is 5. The van der Waals surface area contributed by atoms with Crippen molar-refractivity contribution in [3.8, 4) is 17.2 Å². The molecule has 0 bridgehead atoms. The number of sulfonamides is 1. The highest BCUT2D eigenvalue weighted by atomic mass is 35.5. The third kappa shape index (κ3) is 6.28. The zero-order valence-corrected chi connectivity index (χ0v) is 23.3. The molecule has 4 aromatic rings. The maximum absolute atomic E-state index is 13.0. The first kappa shape index (κ1) is 29.1. The second-order valence-electron chi connectivity index (χ2n) is 9.65. The van der Waals surface area contributed by atoms with E-state index in [4.69, 9.17) is 22.1 Å². The number of carbonyl (C=O) groups is 1. The van der Waals surface area contributed by atoms with Crippen molar-refractivity contribution < 1.29 is 35.9 Å². The van der Waals surface area contributed by atoms with Crippen LogP contribution in [-0.2, 0) is 15.4 Å². The monoisotopic (exact) mass is 595 g/mol. The Labute approximate surface area is 233 Å². The minimum absolute atomic E-state index is 0.111. The number of halogens is 4. The third-order valence-corrected chi connectivity index (χ3v) is 7.12. The van der Waals surface area contributed by atoms with Gasteiger partial charge in [-0.1, -0.05) is 31.5 Å². The van der Waals surface area contributed by atoms with E-state index in [1.165, 1.54) is 13.2 Å². The normalized spacial score (nSPS) is 12.4. The van der Waals surface area contributed by atoms with Crippen molar-refractivity contribution in [2.75, 3.05) is 18.1 Å². The predicted molar refractivity (Wildman–Crippen MR) is 147 cm³/mol. The van der Waals surface area contributed by atoms with Crippen molar-refractivity contribution in [3.63, 3.8) is 0 Å². The lowest BCUT2D eigenvalue weighted by molar-refractivity contribution is -0.274. The number of benzene rings is 3. The minimum Gasteiger partial charge on any atom is -0.497 e. The zero-order chi connectivity index (χ0) is 29.6. The molecule has 1 amide bonds. The Morgan fingerprint density at radius 2 is 1.62 bits per heavy atom. The number of fused-ring (bicyclic) bond motifs is 1. The quantitative estimate of drug-likeness (QED) is 0.260. The Kier molecular flexibility index (Phi) is 7.46. The summed E-state index contributed by atoms with van der Waals surface area (Å²) in [5.41, 5.74) is 7.04. The molecule has 0 aliphatic rings. The second kappa shape index (κ2) is 10.3. The van der Waals surface area contributed by atoms with Crippen LogP contribution in [0.1, 0.15) is 35.5 Å². The van der Waals surface area contributed by atoms with Crippen molar-refractivity contribution in [1.82, 2.24) is 4.57 Å². The number of rotatable bonds is 8. The minimum atomic E-state index is -4.90. The summed E-state index contributed by atoms with van der Waals surface area (Å²) in [5, 5.41) is 0.883. The van der Waals surface area contributed by atoms with Crippen molar-refractivity contribution in [1.29, 1.82) is 0 Å². The molecular weight excluding hydrogens is 571 g/mol. The largest absolute Gasteiger partial charge is 0.573 e. The molecule has 0 aliphatic heterocycles. The number of nitrogens with two attached hydrogens (primary N) is 1. The summed E-state index contributed by atoms with van der Waals surface area (Å²) >= 11 is 6.52. The molecule has 0 saturated carbocycles. The van der Waals surface area contributed by atoms with Crippen LogP contribution in [0.2, 0.25) is 5.02 Å². The number of primary amides is 1. The third-order valence-electron chi connectivity index (χ3n) is 6.29. The molecule has 8 nitrogen and oxygen atoms in total. The zero-order valence-electron chi connectivity index (χ0n) is 21.8. The summed E-state index contributed by atoms with van der Waals surface area (Å²) in [6.45, 7) is 3.57. The topological polar surface area (TPSA) is 113 Å². The average molecular weight is 596 g/mol. The van der Waals surface area contributed by atoms with E-state index in [9.17, 15) is 26.4 Å². The average Bonchev–Trinajstić information content (AvgIpc) is 3.20. The van der Waals surface area contributed by atoms with Gasteiger partial charge in [0.1, 0.15) is 17.2 Å². The summed E-state index contributed by atoms with van der Waals surface area (Å²) in [7, 11) is -2.25. The van der Waals surface area contributed by atoms with Crippen LogP contribution in [0.4, 0.5) is 18.9 Å². The smallest absolute Gasteiger partial charge is 0.497 e. The Morgan fingerprint density at radius 1 is 0.975 bits per heavy atom. The van der Waals surface area contributed by atoms with Crippen LogP contribution >= 0.6 is 11.6 Å². The van der Waals surface area contributed by atoms with Crippen LogP contribution in [0.25, 0.3) is 16.6 Å². The van der Waals surface area contributed by atoms with Gasteiger partial charge in [-0.05, 0) is 59.7 Å². The van der Waals surface area contributed by atoms with Gasteiger partial charge < -0.3 is 19.8 Å². The van der Waals surface area contributed by atoms with Crippen LogP contribution in [0.15, 0.2) is 60.7 Å². The summed E-state index contributed by atoms with van der Waals surface area (Å²) < 4.78 is 75.8. The second-order valence-corrected chi connectivity index (χ2v) is 11.8. The number of aromatic nitrogens is 1. The van der Waals surface area contributed by atoms with E-state index in [2.05, 4.69) is 9.46 Å². The van der Waals surface area contributed by atoms with E-state index in [-0.39, 0.29) is 22.2 Å². The van der Waals surface area contributed by atoms with E-state index < -0.39 is 33.5 Å². The number of nitrogens with zero attached hydrogens (tertiary/aromatic N) is 1. The van der Waals surface area contributed by atoms with E-state index >= 15 is 0 Å². The molecule has 1 aromatic heterocycles. The van der Waals surface area contributed by atoms with Crippen LogP contribution in [0.5, 0.6) is 11.5 Å². The van der Waals surface area contributed by atoms with E-state index in [0.29, 0.717) is 27.7 Å². The van der Waals surface area contributed by atoms with Gasteiger partial charge in [-0.2, -0.15) is 0 Å². The number of ether oxygens (including phenoxy) is 2. The fourth-order valence-electron chi connectivity index (χ4n) is 4.41. The van der Waals surface area contributed by atoms with Gasteiger partial charge in [0.05, 0.1) is 24.6 Å². The number of amides is 1. The molecule has 1 heterocycles. The van der Waals surface area contributed by atoms with Crippen LogP contribution in [0, 0.1) is 0 Å². The first-order chi connectivity index (χ1) is 18.5. The van der Waals surface area contributed by atoms with Gasteiger partial charge in [-0.15, -0.1) is 13.2 Å². The molecule has 0 saturated heterocycles. The molecule has 0 spiro atoms. The highest BCUT2D eigenvalue weighted by molar-refractivity contribution is 7.92. The van der Waals surface area contributed by atoms with Gasteiger partial charge in [-0.3, -0.25) is 9.52 Å². The summed E-state index contributed by atoms with van der Waals surface area (Å²) in [4.78, 5) is 12.4. The molecule has 3 N–H and O–H groups in total. The van der Waals surface area contributed by atoms with E-state index in [1.807, 2.05) is 0 Å². The van der Waals surface area contributed by atoms with Crippen molar-refractivity contribution in [2.24, 2.45) is 5.73 Å². The lowest BCUT2D eigenvalue weighted by atomic mass is 9.78. The molecule has 13 heteroatoms. The molecule has 3 aromatic carbocycles. The lowest BCUT2D eigenvalue weighted by Gasteiger charge is -2.28. The highest BCUT2D eigenvalue weighted by Crippen LogP contribution is 2.40. The van der Waals surface area contributed by atoms with Gasteiger partial charge in [0.25, 0.3) is 5.91 Å². The Balaban J connectivity index is 1.91. The standard InChI is InChI=1S/C27H25ClF3N3O5S/c1-26(2,17-10-21(38-3)14-22(11-17)39-27(29,30)31)16-8-18(28)12-20(9-16)34-23-13-19(33-40(4,36)37)6-5-15(23)7-24(34)25(32)35/h5-14,33H,1-4H3,(H2,32,35). The van der Waals surface area contributed by atoms with Gasteiger partial charge in [0.2, 0.25) is 10.0 Å². The number of nitrogens with one attached hydrogen (secondary N) is 1. The molecule has 4 rings (SSSR count). The fraction of sp³-hybridized carbons (Fsp3) is 0.222. The molecular formula is C27H25ClF3N3O5S. The number of methoxy groups -OCH3 is 1. The van der Waals surface area contributed by atoms with Gasteiger partial charge >= 0.3 is 6.36 Å². The predicted octanol–water partition coefficient (Wildman–Crippen LogP) is 5.99. The Bertz CT molecular complexity index is 1730. The number of hydrogen-bond donors (Lipinski definition) is 2. The summed E-state index contributed by atoms with van der Waals surface area (Å²) in [6, 6.07) is 15.3. The van der Waals surface area contributed by atoms with Crippen molar-refractivity contribution >= 4 is 44.1 Å². The van der Waals surface area contributed by atoms with E-state index in [1.54, 1.807) is 66.9 Å². The van der Waals surface area contributed by atoms with Crippen LogP contribution < -0.4 is 19.9 Å². The van der Waals surface area contributed by atoms with Crippen LogP contribution in [0.3, 0.4) is 0 Å². The molecule has 40 heavy (non-hydrogen) atoms. The van der Waals surface area contributed by atoms with Crippen LogP contribution in [-0.4, -0.2) is 38.6 Å². The first-order valence-electron chi connectivity index (χ1n) is 11.7. The molecule has 0 unspecified atom stereocenters. The Morgan fingerprint density at radius 3 is 2.23 bits per heavy atom. The lowest BCUT2D eigenvalue weighted by Crippen LogP contribution is -2.22. The van der Waals surface area contributed by atoms with Gasteiger partial charge in [0, 0.05) is 27.6 Å². The molecule has 212 valence electrons. The van der Waals surface area contributed by atoms with Gasteiger partial charge in [-0.25, -0.2) is 8.42 Å². The van der Waals surface area contributed by atoms with Crippen molar-refractivity contribution in [2.45, 2.75) is 25.6 Å². The molecule has 0 fully saturated rings. The highest BCUT2D eigenvalue weighted by Gasteiger charge is 2.33. The van der Waals surface area contributed by atoms with Crippen molar-refractivity contribution in [3.05, 3.63) is 82.5 Å². The molecule has 0 aliphatic carbocycles. The molecule has 0 atom stereocenters.